The van der Waals surface area contributed by atoms with Crippen LogP contribution in [-0.2, 0) is 4.74 Å². The van der Waals surface area contributed by atoms with Crippen molar-refractivity contribution in [3.8, 4) is 0 Å². The molecule has 2 atom stereocenters. The highest BCUT2D eigenvalue weighted by Gasteiger charge is 2.23. The second-order valence-corrected chi connectivity index (χ2v) is 17.5. The van der Waals surface area contributed by atoms with Crippen LogP contribution < -0.4 is 0 Å². The molecular weight excluding hydrogens is 569 g/mol. The standard InChI is InChI=1S/C46H82O/c1-3-5-7-9-11-15-39-21-25-41(26-22-39)17-13-19-43-29-33-45(34-30-43)37-47-38-46-35-31-44(32-36-46)20-14-18-42-27-23-40(24-28-42)16-12-10-8-6-4-2/h33,35,39-44H,3-32,34,36-38H2,1-2H3. The zero-order chi connectivity index (χ0) is 32.8. The smallest absolute Gasteiger partial charge is 0.0681 e. The molecule has 4 rings (SSSR count). The second kappa shape index (κ2) is 24.6. The summed E-state index contributed by atoms with van der Waals surface area (Å²) in [5.74, 6) is 6.10. The summed E-state index contributed by atoms with van der Waals surface area (Å²) in [6.07, 6.45) is 51.9. The zero-order valence-corrected chi connectivity index (χ0v) is 32.1. The lowest BCUT2D eigenvalue weighted by Gasteiger charge is -2.29. The Bertz CT molecular complexity index is 754. The van der Waals surface area contributed by atoms with Gasteiger partial charge < -0.3 is 4.74 Å². The molecule has 0 saturated heterocycles. The van der Waals surface area contributed by atoms with Crippen molar-refractivity contribution in [1.82, 2.24) is 0 Å². The molecule has 272 valence electrons. The summed E-state index contributed by atoms with van der Waals surface area (Å²) < 4.78 is 6.27. The van der Waals surface area contributed by atoms with Gasteiger partial charge in [-0.05, 0) is 85.2 Å². The summed E-state index contributed by atoms with van der Waals surface area (Å²) >= 11 is 0. The average Bonchev–Trinajstić information content (AvgIpc) is 3.11. The van der Waals surface area contributed by atoms with Crippen molar-refractivity contribution in [2.24, 2.45) is 35.5 Å². The maximum atomic E-state index is 6.27. The molecule has 0 amide bonds. The molecule has 1 nitrogen and oxygen atoms in total. The van der Waals surface area contributed by atoms with E-state index in [0.717, 1.165) is 48.7 Å². The molecule has 0 radical (unpaired) electrons. The first-order chi connectivity index (χ1) is 23.2. The van der Waals surface area contributed by atoms with Gasteiger partial charge in [-0.1, -0.05) is 193 Å². The van der Waals surface area contributed by atoms with Crippen LogP contribution in [0.2, 0.25) is 0 Å². The molecule has 1 heteroatoms. The van der Waals surface area contributed by atoms with E-state index in [-0.39, 0.29) is 0 Å². The van der Waals surface area contributed by atoms with Gasteiger partial charge in [-0.2, -0.15) is 0 Å². The molecule has 0 aromatic heterocycles. The summed E-state index contributed by atoms with van der Waals surface area (Å²) in [5.41, 5.74) is 3.18. The topological polar surface area (TPSA) is 9.23 Å². The van der Waals surface area contributed by atoms with E-state index in [1.165, 1.54) is 205 Å². The zero-order valence-electron chi connectivity index (χ0n) is 32.1. The lowest BCUT2D eigenvalue weighted by atomic mass is 9.77. The fourth-order valence-corrected chi connectivity index (χ4v) is 10.1. The van der Waals surface area contributed by atoms with Crippen molar-refractivity contribution in [3.05, 3.63) is 23.3 Å². The molecule has 0 aromatic carbocycles. The van der Waals surface area contributed by atoms with E-state index in [2.05, 4.69) is 26.0 Å². The molecule has 0 heterocycles. The minimum Gasteiger partial charge on any atom is -0.373 e. The number of allylic oxidation sites excluding steroid dienone is 2. The normalized spacial score (nSPS) is 28.6. The molecule has 0 aliphatic heterocycles. The molecule has 2 fully saturated rings. The molecular formula is C46H82O. The maximum absolute atomic E-state index is 6.27. The van der Waals surface area contributed by atoms with Crippen LogP contribution in [0.4, 0.5) is 0 Å². The van der Waals surface area contributed by atoms with E-state index in [4.69, 9.17) is 4.74 Å². The lowest BCUT2D eigenvalue weighted by molar-refractivity contribution is 0.169. The van der Waals surface area contributed by atoms with Crippen molar-refractivity contribution in [2.75, 3.05) is 13.2 Å². The fraction of sp³-hybridized carbons (Fsp3) is 0.913. The summed E-state index contributed by atoms with van der Waals surface area (Å²) in [6, 6.07) is 0. The van der Waals surface area contributed by atoms with Gasteiger partial charge in [0.25, 0.3) is 0 Å². The summed E-state index contributed by atoms with van der Waals surface area (Å²) in [6.45, 7) is 6.42. The van der Waals surface area contributed by atoms with E-state index in [1.54, 1.807) is 11.1 Å². The Hall–Kier alpha value is -0.560. The molecule has 0 N–H and O–H groups in total. The van der Waals surface area contributed by atoms with Gasteiger partial charge in [0.2, 0.25) is 0 Å². The first-order valence-corrected chi connectivity index (χ1v) is 22.1. The molecule has 2 saturated carbocycles. The Morgan fingerprint density at radius 1 is 0.404 bits per heavy atom. The van der Waals surface area contributed by atoms with Crippen LogP contribution >= 0.6 is 0 Å². The SMILES string of the molecule is CCCCCCCC1CCC(CCCC2CC=C(COCC3=CCC(CCCC4CCC(CCCCCCC)CC4)CC3)CC2)CC1. The van der Waals surface area contributed by atoms with Gasteiger partial charge >= 0.3 is 0 Å². The van der Waals surface area contributed by atoms with E-state index in [0.29, 0.717) is 0 Å². The number of unbranched alkanes of at least 4 members (excludes halogenated alkanes) is 8. The third kappa shape index (κ3) is 16.8. The number of rotatable bonds is 24. The van der Waals surface area contributed by atoms with Gasteiger partial charge in [0.15, 0.2) is 0 Å². The lowest BCUT2D eigenvalue weighted by Crippen LogP contribution is -2.15. The first-order valence-electron chi connectivity index (χ1n) is 22.1. The van der Waals surface area contributed by atoms with Gasteiger partial charge in [-0.15, -0.1) is 0 Å². The predicted octanol–water partition coefficient (Wildman–Crippen LogP) is 15.1. The van der Waals surface area contributed by atoms with Crippen molar-refractivity contribution in [2.45, 2.75) is 219 Å². The Morgan fingerprint density at radius 3 is 1.09 bits per heavy atom. The van der Waals surface area contributed by atoms with Crippen LogP contribution in [0.1, 0.15) is 219 Å². The van der Waals surface area contributed by atoms with Crippen molar-refractivity contribution >= 4 is 0 Å². The van der Waals surface area contributed by atoms with Gasteiger partial charge in [0.05, 0.1) is 13.2 Å². The first kappa shape index (κ1) is 39.2. The number of hydrogen-bond donors (Lipinski definition) is 0. The number of ether oxygens (including phenoxy) is 1. The minimum atomic E-state index is 0.885. The van der Waals surface area contributed by atoms with E-state index < -0.39 is 0 Å². The van der Waals surface area contributed by atoms with E-state index in [9.17, 15) is 0 Å². The Kier molecular flexibility index (Phi) is 20.5. The second-order valence-electron chi connectivity index (χ2n) is 17.5. The minimum absolute atomic E-state index is 0.885. The average molecular weight is 651 g/mol. The van der Waals surface area contributed by atoms with Crippen LogP contribution in [0.25, 0.3) is 0 Å². The van der Waals surface area contributed by atoms with Crippen LogP contribution in [-0.4, -0.2) is 13.2 Å². The monoisotopic (exact) mass is 651 g/mol. The van der Waals surface area contributed by atoms with Gasteiger partial charge in [0, 0.05) is 0 Å². The Labute approximate surface area is 295 Å². The van der Waals surface area contributed by atoms with Crippen molar-refractivity contribution in [1.29, 1.82) is 0 Å². The van der Waals surface area contributed by atoms with Crippen molar-refractivity contribution < 1.29 is 4.74 Å². The molecule has 4 aliphatic carbocycles. The largest absolute Gasteiger partial charge is 0.373 e. The van der Waals surface area contributed by atoms with E-state index >= 15 is 0 Å². The summed E-state index contributed by atoms with van der Waals surface area (Å²) in [5, 5.41) is 0. The molecule has 2 unspecified atom stereocenters. The van der Waals surface area contributed by atoms with Crippen LogP contribution in [0.15, 0.2) is 23.3 Å². The van der Waals surface area contributed by atoms with Gasteiger partial charge in [-0.25, -0.2) is 0 Å². The highest BCUT2D eigenvalue weighted by Crippen LogP contribution is 2.37. The highest BCUT2D eigenvalue weighted by atomic mass is 16.5. The highest BCUT2D eigenvalue weighted by molar-refractivity contribution is 5.09. The van der Waals surface area contributed by atoms with Crippen molar-refractivity contribution in [3.63, 3.8) is 0 Å². The molecule has 0 bridgehead atoms. The molecule has 0 aromatic rings. The van der Waals surface area contributed by atoms with Crippen LogP contribution in [0.3, 0.4) is 0 Å². The molecule has 4 aliphatic rings. The van der Waals surface area contributed by atoms with Crippen LogP contribution in [0, 0.1) is 35.5 Å². The summed E-state index contributed by atoms with van der Waals surface area (Å²) in [4.78, 5) is 0. The third-order valence-corrected chi connectivity index (χ3v) is 13.6. The predicted molar refractivity (Wildman–Crippen MR) is 207 cm³/mol. The third-order valence-electron chi connectivity index (χ3n) is 13.6. The Balaban J connectivity index is 0.950. The fourth-order valence-electron chi connectivity index (χ4n) is 10.1. The molecule has 47 heavy (non-hydrogen) atoms. The summed E-state index contributed by atoms with van der Waals surface area (Å²) in [7, 11) is 0. The Morgan fingerprint density at radius 2 is 0.745 bits per heavy atom. The van der Waals surface area contributed by atoms with Gasteiger partial charge in [0.1, 0.15) is 0 Å². The van der Waals surface area contributed by atoms with Crippen LogP contribution in [0.5, 0.6) is 0 Å². The van der Waals surface area contributed by atoms with Gasteiger partial charge in [-0.3, -0.25) is 0 Å². The van der Waals surface area contributed by atoms with E-state index in [1.807, 2.05) is 0 Å². The molecule has 0 spiro atoms. The number of hydrogen-bond acceptors (Lipinski definition) is 1. The quantitative estimate of drug-likeness (QED) is 0.0746. The maximum Gasteiger partial charge on any atom is 0.0681 e.